The van der Waals surface area contributed by atoms with Gasteiger partial charge >= 0.3 is 0 Å². The molecule has 0 saturated heterocycles. The first kappa shape index (κ1) is 20.8. The molecule has 5 nitrogen and oxygen atoms in total. The van der Waals surface area contributed by atoms with Crippen LogP contribution in [0.2, 0.25) is 5.02 Å². The van der Waals surface area contributed by atoms with Gasteiger partial charge in [-0.3, -0.25) is 9.79 Å². The highest BCUT2D eigenvalue weighted by Gasteiger charge is 2.06. The molecule has 0 unspecified atom stereocenters. The molecule has 3 N–H and O–H groups in total. The fourth-order valence-corrected chi connectivity index (χ4v) is 2.79. The molecule has 0 aliphatic heterocycles. The number of amides is 1. The van der Waals surface area contributed by atoms with Crippen LogP contribution in [0.1, 0.15) is 31.4 Å². The van der Waals surface area contributed by atoms with Gasteiger partial charge in [-0.2, -0.15) is 0 Å². The number of anilines is 1. The van der Waals surface area contributed by atoms with Crippen molar-refractivity contribution in [1.82, 2.24) is 10.6 Å². The van der Waals surface area contributed by atoms with Crippen molar-refractivity contribution in [3.05, 3.63) is 64.7 Å². The Balaban J connectivity index is 1.87. The third-order valence-corrected chi connectivity index (χ3v) is 4.07. The Bertz CT molecular complexity index is 789. The van der Waals surface area contributed by atoms with E-state index >= 15 is 0 Å². The van der Waals surface area contributed by atoms with E-state index in [1.54, 1.807) is 7.05 Å². The SMILES string of the molecule is CN=C(NCc1cccc(Cl)c1)NCc1cccc(NC(=O)CC(C)C)c1. The van der Waals surface area contributed by atoms with E-state index in [1.165, 1.54) is 0 Å². The molecule has 6 heteroatoms. The Morgan fingerprint density at radius 2 is 1.67 bits per heavy atom. The highest BCUT2D eigenvalue weighted by atomic mass is 35.5. The van der Waals surface area contributed by atoms with E-state index in [1.807, 2.05) is 62.4 Å². The van der Waals surface area contributed by atoms with Gasteiger partial charge in [0.15, 0.2) is 5.96 Å². The lowest BCUT2D eigenvalue weighted by Gasteiger charge is -2.13. The maximum atomic E-state index is 11.9. The second-order valence-electron chi connectivity index (χ2n) is 6.76. The van der Waals surface area contributed by atoms with Crippen LogP contribution >= 0.6 is 11.6 Å². The summed E-state index contributed by atoms with van der Waals surface area (Å²) in [6.45, 7) is 5.29. The van der Waals surface area contributed by atoms with Crippen LogP contribution in [0.25, 0.3) is 0 Å². The number of carbonyl (C=O) groups is 1. The normalized spacial score (nSPS) is 11.4. The van der Waals surface area contributed by atoms with Crippen LogP contribution in [0.4, 0.5) is 5.69 Å². The number of hydrogen-bond donors (Lipinski definition) is 3. The smallest absolute Gasteiger partial charge is 0.224 e. The second kappa shape index (κ2) is 10.6. The van der Waals surface area contributed by atoms with Crippen molar-refractivity contribution in [2.75, 3.05) is 12.4 Å². The van der Waals surface area contributed by atoms with Gasteiger partial charge in [-0.05, 0) is 41.3 Å². The molecule has 1 amide bonds. The Morgan fingerprint density at radius 3 is 2.26 bits per heavy atom. The number of rotatable bonds is 7. The fraction of sp³-hybridized carbons (Fsp3) is 0.333. The number of nitrogens with zero attached hydrogens (tertiary/aromatic N) is 1. The van der Waals surface area contributed by atoms with Gasteiger partial charge in [0.05, 0.1) is 0 Å². The molecule has 144 valence electrons. The molecule has 2 aromatic carbocycles. The van der Waals surface area contributed by atoms with Gasteiger partial charge in [0.1, 0.15) is 0 Å². The lowest BCUT2D eigenvalue weighted by atomic mass is 10.1. The molecule has 0 saturated carbocycles. The van der Waals surface area contributed by atoms with Gasteiger partial charge in [-0.15, -0.1) is 0 Å². The van der Waals surface area contributed by atoms with E-state index in [9.17, 15) is 4.79 Å². The first-order chi connectivity index (χ1) is 13.0. The minimum Gasteiger partial charge on any atom is -0.352 e. The lowest BCUT2D eigenvalue weighted by Crippen LogP contribution is -2.36. The van der Waals surface area contributed by atoms with E-state index in [0.717, 1.165) is 16.8 Å². The third kappa shape index (κ3) is 7.71. The summed E-state index contributed by atoms with van der Waals surface area (Å²) >= 11 is 6.01. The van der Waals surface area contributed by atoms with Crippen molar-refractivity contribution in [2.45, 2.75) is 33.4 Å². The summed E-state index contributed by atoms with van der Waals surface area (Å²) < 4.78 is 0. The molecule has 0 aliphatic carbocycles. The monoisotopic (exact) mass is 386 g/mol. The summed E-state index contributed by atoms with van der Waals surface area (Å²) in [4.78, 5) is 16.2. The minimum atomic E-state index is 0.0362. The van der Waals surface area contributed by atoms with Gasteiger partial charge < -0.3 is 16.0 Å². The summed E-state index contributed by atoms with van der Waals surface area (Å²) in [7, 11) is 1.73. The average Bonchev–Trinajstić information content (AvgIpc) is 2.61. The van der Waals surface area contributed by atoms with Crippen molar-refractivity contribution >= 4 is 29.2 Å². The van der Waals surface area contributed by atoms with Gasteiger partial charge in [0, 0.05) is 37.3 Å². The zero-order valence-electron chi connectivity index (χ0n) is 16.1. The number of benzene rings is 2. The molecule has 0 atom stereocenters. The zero-order valence-corrected chi connectivity index (χ0v) is 16.8. The Labute approximate surface area is 166 Å². The minimum absolute atomic E-state index is 0.0362. The third-order valence-electron chi connectivity index (χ3n) is 3.84. The lowest BCUT2D eigenvalue weighted by molar-refractivity contribution is -0.116. The maximum absolute atomic E-state index is 11.9. The molecule has 2 aromatic rings. The summed E-state index contributed by atoms with van der Waals surface area (Å²) in [5.41, 5.74) is 2.95. The van der Waals surface area contributed by atoms with Crippen molar-refractivity contribution < 1.29 is 4.79 Å². The van der Waals surface area contributed by atoms with E-state index in [4.69, 9.17) is 11.6 Å². The molecule has 0 heterocycles. The summed E-state index contributed by atoms with van der Waals surface area (Å²) in [5, 5.41) is 10.2. The maximum Gasteiger partial charge on any atom is 0.224 e. The van der Waals surface area contributed by atoms with Crippen LogP contribution in [0.3, 0.4) is 0 Å². The number of guanidine groups is 1. The summed E-state index contributed by atoms with van der Waals surface area (Å²) in [6.07, 6.45) is 0.516. The van der Waals surface area contributed by atoms with E-state index in [2.05, 4.69) is 20.9 Å². The van der Waals surface area contributed by atoms with Crippen LogP contribution in [-0.4, -0.2) is 18.9 Å². The first-order valence-electron chi connectivity index (χ1n) is 9.04. The van der Waals surface area contributed by atoms with E-state index < -0.39 is 0 Å². The molecule has 2 rings (SSSR count). The van der Waals surface area contributed by atoms with Crippen molar-refractivity contribution in [3.8, 4) is 0 Å². The van der Waals surface area contributed by atoms with Gasteiger partial charge in [0.2, 0.25) is 5.91 Å². The van der Waals surface area contributed by atoms with Crippen molar-refractivity contribution in [3.63, 3.8) is 0 Å². The number of nitrogens with one attached hydrogen (secondary N) is 3. The topological polar surface area (TPSA) is 65.5 Å². The van der Waals surface area contributed by atoms with Crippen LogP contribution in [0.15, 0.2) is 53.5 Å². The molecular formula is C21H27ClN4O. The number of carbonyl (C=O) groups excluding carboxylic acids is 1. The van der Waals surface area contributed by atoms with E-state index in [-0.39, 0.29) is 5.91 Å². The quantitative estimate of drug-likeness (QED) is 0.493. The first-order valence-corrected chi connectivity index (χ1v) is 9.42. The molecule has 0 spiro atoms. The standard InChI is InChI=1S/C21H27ClN4O/c1-15(2)10-20(27)26-19-9-5-7-17(12-19)14-25-21(23-3)24-13-16-6-4-8-18(22)11-16/h4-9,11-12,15H,10,13-14H2,1-3H3,(H,26,27)(H2,23,24,25). The highest BCUT2D eigenvalue weighted by molar-refractivity contribution is 6.30. The molecule has 0 radical (unpaired) electrons. The molecule has 0 bridgehead atoms. The largest absolute Gasteiger partial charge is 0.352 e. The second-order valence-corrected chi connectivity index (χ2v) is 7.19. The molecule has 0 fully saturated rings. The van der Waals surface area contributed by atoms with Gasteiger partial charge in [-0.25, -0.2) is 0 Å². The highest BCUT2D eigenvalue weighted by Crippen LogP contribution is 2.12. The summed E-state index contributed by atoms with van der Waals surface area (Å²) in [6, 6.07) is 15.5. The molecule has 27 heavy (non-hydrogen) atoms. The molecule has 0 aliphatic rings. The van der Waals surface area contributed by atoms with Crippen LogP contribution < -0.4 is 16.0 Å². The Hall–Kier alpha value is -2.53. The van der Waals surface area contributed by atoms with Crippen LogP contribution in [0.5, 0.6) is 0 Å². The van der Waals surface area contributed by atoms with Crippen LogP contribution in [0, 0.1) is 5.92 Å². The van der Waals surface area contributed by atoms with Crippen molar-refractivity contribution in [1.29, 1.82) is 0 Å². The molecule has 0 aromatic heterocycles. The zero-order chi connectivity index (χ0) is 19.6. The summed E-state index contributed by atoms with van der Waals surface area (Å²) in [5.74, 6) is 1.07. The predicted octanol–water partition coefficient (Wildman–Crippen LogP) is 4.19. The Kier molecular flexibility index (Phi) is 8.14. The molecular weight excluding hydrogens is 360 g/mol. The number of hydrogen-bond acceptors (Lipinski definition) is 2. The van der Waals surface area contributed by atoms with Crippen LogP contribution in [-0.2, 0) is 17.9 Å². The predicted molar refractivity (Wildman–Crippen MR) is 113 cm³/mol. The fourth-order valence-electron chi connectivity index (χ4n) is 2.58. The average molecular weight is 387 g/mol. The van der Waals surface area contributed by atoms with Crippen molar-refractivity contribution in [2.24, 2.45) is 10.9 Å². The van der Waals surface area contributed by atoms with Gasteiger partial charge in [-0.1, -0.05) is 49.7 Å². The Morgan fingerprint density at radius 1 is 1.04 bits per heavy atom. The number of halogens is 1. The van der Waals surface area contributed by atoms with E-state index in [0.29, 0.717) is 36.4 Å². The van der Waals surface area contributed by atoms with Gasteiger partial charge in [0.25, 0.3) is 0 Å². The number of aliphatic imine (C=N–C) groups is 1.